The summed E-state index contributed by atoms with van der Waals surface area (Å²) in [6, 6.07) is 11.0. The number of pyridine rings is 1. The van der Waals surface area contributed by atoms with Crippen molar-refractivity contribution >= 4 is 17.4 Å². The van der Waals surface area contributed by atoms with E-state index in [1.54, 1.807) is 18.3 Å². The molecule has 1 aliphatic heterocycles. The number of aromatic nitrogens is 1. The van der Waals surface area contributed by atoms with Crippen molar-refractivity contribution in [3.8, 4) is 0 Å². The van der Waals surface area contributed by atoms with Crippen molar-refractivity contribution in [3.63, 3.8) is 0 Å². The predicted octanol–water partition coefficient (Wildman–Crippen LogP) is 2.67. The van der Waals surface area contributed by atoms with E-state index in [1.165, 1.54) is 0 Å². The summed E-state index contributed by atoms with van der Waals surface area (Å²) in [6.45, 7) is 3.43. The molecule has 1 atom stereocenters. The van der Waals surface area contributed by atoms with Gasteiger partial charge in [0.05, 0.1) is 5.69 Å². The van der Waals surface area contributed by atoms with Gasteiger partial charge in [0.15, 0.2) is 5.60 Å². The Morgan fingerprint density at radius 1 is 1.23 bits per heavy atom. The predicted molar refractivity (Wildman–Crippen MR) is 88.3 cm³/mol. The lowest BCUT2D eigenvalue weighted by Crippen LogP contribution is -2.48. The van der Waals surface area contributed by atoms with Gasteiger partial charge in [-0.2, -0.15) is 0 Å². The Labute approximate surface area is 134 Å². The quantitative estimate of drug-likeness (QED) is 0.915. The SMILES string of the molecule is Cc1cccnc1C(O)(C1=NCCCN1)c1ccc(Cl)cc1. The lowest BCUT2D eigenvalue weighted by atomic mass is 9.86. The van der Waals surface area contributed by atoms with Gasteiger partial charge in [-0.25, -0.2) is 0 Å². The fourth-order valence-electron chi connectivity index (χ4n) is 2.72. The van der Waals surface area contributed by atoms with Crippen molar-refractivity contribution in [2.75, 3.05) is 13.1 Å². The highest BCUT2D eigenvalue weighted by Gasteiger charge is 2.40. The van der Waals surface area contributed by atoms with Crippen molar-refractivity contribution in [1.82, 2.24) is 10.3 Å². The molecule has 2 N–H and O–H groups in total. The number of hydrogen-bond acceptors (Lipinski definition) is 4. The van der Waals surface area contributed by atoms with E-state index in [0.29, 0.717) is 28.7 Å². The summed E-state index contributed by atoms with van der Waals surface area (Å²) < 4.78 is 0. The second-order valence-corrected chi connectivity index (χ2v) is 5.83. The summed E-state index contributed by atoms with van der Waals surface area (Å²) in [7, 11) is 0. The Balaban J connectivity index is 2.20. The number of nitrogens with one attached hydrogen (secondary N) is 1. The fraction of sp³-hybridized carbons (Fsp3) is 0.294. The summed E-state index contributed by atoms with van der Waals surface area (Å²) >= 11 is 5.98. The Morgan fingerprint density at radius 2 is 2.00 bits per heavy atom. The van der Waals surface area contributed by atoms with Gasteiger partial charge in [-0.15, -0.1) is 0 Å². The minimum atomic E-state index is -1.39. The van der Waals surface area contributed by atoms with Crippen LogP contribution in [0.2, 0.25) is 5.02 Å². The van der Waals surface area contributed by atoms with Crippen LogP contribution in [0.4, 0.5) is 0 Å². The largest absolute Gasteiger partial charge is 0.372 e. The van der Waals surface area contributed by atoms with E-state index in [2.05, 4.69) is 15.3 Å². The molecule has 0 aliphatic carbocycles. The molecule has 2 heterocycles. The first-order valence-corrected chi connectivity index (χ1v) is 7.69. The smallest absolute Gasteiger partial charge is 0.189 e. The van der Waals surface area contributed by atoms with Gasteiger partial charge in [0.1, 0.15) is 5.84 Å². The summed E-state index contributed by atoms with van der Waals surface area (Å²) in [5, 5.41) is 15.4. The van der Waals surface area contributed by atoms with Gasteiger partial charge < -0.3 is 10.4 Å². The highest BCUT2D eigenvalue weighted by molar-refractivity contribution is 6.30. The van der Waals surface area contributed by atoms with Crippen LogP contribution in [0, 0.1) is 6.92 Å². The zero-order valence-corrected chi connectivity index (χ0v) is 13.1. The molecule has 114 valence electrons. The van der Waals surface area contributed by atoms with Gasteiger partial charge in [-0.3, -0.25) is 9.98 Å². The molecule has 0 spiro atoms. The molecule has 0 fully saturated rings. The van der Waals surface area contributed by atoms with Crippen molar-refractivity contribution < 1.29 is 5.11 Å². The summed E-state index contributed by atoms with van der Waals surface area (Å²) in [4.78, 5) is 8.92. The molecule has 2 aromatic rings. The third-order valence-electron chi connectivity index (χ3n) is 3.85. The van der Waals surface area contributed by atoms with Crippen molar-refractivity contribution in [2.24, 2.45) is 4.99 Å². The third-order valence-corrected chi connectivity index (χ3v) is 4.11. The van der Waals surface area contributed by atoms with Crippen LogP contribution in [0.1, 0.15) is 23.2 Å². The molecule has 1 unspecified atom stereocenters. The second-order valence-electron chi connectivity index (χ2n) is 5.40. The molecule has 22 heavy (non-hydrogen) atoms. The zero-order chi connectivity index (χ0) is 15.6. The van der Waals surface area contributed by atoms with Gasteiger partial charge in [-0.1, -0.05) is 29.8 Å². The molecule has 0 bridgehead atoms. The van der Waals surface area contributed by atoms with Crippen LogP contribution in [0.15, 0.2) is 47.6 Å². The summed E-state index contributed by atoms with van der Waals surface area (Å²) in [6.07, 6.45) is 2.65. The van der Waals surface area contributed by atoms with Gasteiger partial charge >= 0.3 is 0 Å². The zero-order valence-electron chi connectivity index (χ0n) is 12.4. The number of aryl methyl sites for hydroxylation is 1. The van der Waals surface area contributed by atoms with Crippen LogP contribution in [0.5, 0.6) is 0 Å². The van der Waals surface area contributed by atoms with Gasteiger partial charge in [0.2, 0.25) is 0 Å². The molecule has 5 heteroatoms. The second kappa shape index (κ2) is 6.07. The molecule has 3 rings (SSSR count). The summed E-state index contributed by atoms with van der Waals surface area (Å²) in [5.41, 5.74) is 0.809. The fourth-order valence-corrected chi connectivity index (χ4v) is 2.84. The number of benzene rings is 1. The number of rotatable bonds is 3. The maximum Gasteiger partial charge on any atom is 0.189 e. The molecule has 0 amide bonds. The molecule has 1 aliphatic rings. The highest BCUT2D eigenvalue weighted by atomic mass is 35.5. The van der Waals surface area contributed by atoms with Crippen LogP contribution < -0.4 is 5.32 Å². The van der Waals surface area contributed by atoms with Crippen molar-refractivity contribution in [2.45, 2.75) is 18.9 Å². The minimum Gasteiger partial charge on any atom is -0.372 e. The Morgan fingerprint density at radius 3 is 2.64 bits per heavy atom. The Bertz CT molecular complexity index is 699. The molecular weight excluding hydrogens is 298 g/mol. The summed E-state index contributed by atoms with van der Waals surface area (Å²) in [5.74, 6) is 0.544. The molecular formula is C17H18ClN3O. The van der Waals surface area contributed by atoms with E-state index in [0.717, 1.165) is 18.5 Å². The lowest BCUT2D eigenvalue weighted by molar-refractivity contribution is 0.144. The first kappa shape index (κ1) is 15.0. The first-order chi connectivity index (χ1) is 10.6. The number of aliphatic imine (C=N–C) groups is 1. The van der Waals surface area contributed by atoms with E-state index in [1.807, 2.05) is 31.2 Å². The highest BCUT2D eigenvalue weighted by Crippen LogP contribution is 2.32. The maximum atomic E-state index is 11.6. The van der Waals surface area contributed by atoms with Crippen LogP contribution >= 0.6 is 11.6 Å². The van der Waals surface area contributed by atoms with Crippen molar-refractivity contribution in [1.29, 1.82) is 0 Å². The minimum absolute atomic E-state index is 0.544. The average Bonchev–Trinajstić information content (AvgIpc) is 2.56. The Hall–Kier alpha value is -1.91. The first-order valence-electron chi connectivity index (χ1n) is 7.31. The van der Waals surface area contributed by atoms with E-state index in [-0.39, 0.29) is 0 Å². The van der Waals surface area contributed by atoms with E-state index >= 15 is 0 Å². The van der Waals surface area contributed by atoms with Gasteiger partial charge in [0.25, 0.3) is 0 Å². The van der Waals surface area contributed by atoms with E-state index in [4.69, 9.17) is 11.6 Å². The molecule has 1 aromatic heterocycles. The van der Waals surface area contributed by atoms with Crippen LogP contribution in [-0.4, -0.2) is 29.0 Å². The van der Waals surface area contributed by atoms with Crippen LogP contribution in [0.25, 0.3) is 0 Å². The normalized spacial score (nSPS) is 17.3. The number of hydrogen-bond donors (Lipinski definition) is 2. The third kappa shape index (κ3) is 2.60. The average molecular weight is 316 g/mol. The maximum absolute atomic E-state index is 11.6. The number of halogens is 1. The van der Waals surface area contributed by atoms with E-state index in [9.17, 15) is 5.11 Å². The van der Waals surface area contributed by atoms with E-state index < -0.39 is 5.60 Å². The van der Waals surface area contributed by atoms with Crippen LogP contribution in [-0.2, 0) is 5.60 Å². The monoisotopic (exact) mass is 315 g/mol. The molecule has 1 aromatic carbocycles. The standard InChI is InChI=1S/C17H18ClN3O/c1-12-4-2-9-19-15(12)17(22,16-20-10-3-11-21-16)13-5-7-14(18)8-6-13/h2,4-9,22H,3,10-11H2,1H3,(H,20,21). The number of nitrogens with zero attached hydrogens (tertiary/aromatic N) is 2. The van der Waals surface area contributed by atoms with Crippen LogP contribution in [0.3, 0.4) is 0 Å². The van der Waals surface area contributed by atoms with Gasteiger partial charge in [-0.05, 0) is 42.7 Å². The number of amidine groups is 1. The van der Waals surface area contributed by atoms with Gasteiger partial charge in [0, 0.05) is 24.3 Å². The molecule has 4 nitrogen and oxygen atoms in total. The lowest BCUT2D eigenvalue weighted by Gasteiger charge is -2.33. The molecule has 0 saturated heterocycles. The number of aliphatic hydroxyl groups is 1. The Kier molecular flexibility index (Phi) is 4.14. The molecule has 0 radical (unpaired) electrons. The topological polar surface area (TPSA) is 57.5 Å². The molecule has 0 saturated carbocycles. The van der Waals surface area contributed by atoms with Crippen molar-refractivity contribution in [3.05, 3.63) is 64.4 Å².